The zero-order chi connectivity index (χ0) is 13.1. The minimum Gasteiger partial charge on any atom is -0.357 e. The Morgan fingerprint density at radius 1 is 1.33 bits per heavy atom. The molecular formula is C15H20N2O. The Kier molecular flexibility index (Phi) is 3.70. The monoisotopic (exact) mass is 244 g/mol. The molecule has 18 heavy (non-hydrogen) atoms. The van der Waals surface area contributed by atoms with Crippen molar-refractivity contribution in [1.82, 2.24) is 4.98 Å². The maximum absolute atomic E-state index is 11.9. The molecule has 0 aliphatic heterocycles. The first-order chi connectivity index (χ1) is 8.58. The topological polar surface area (TPSA) is 44.9 Å². The SMILES string of the molecule is Cc1[nH]c2ccccc2c1NC(=O)CCC(C)C. The number of hydrogen-bond donors (Lipinski definition) is 2. The number of para-hydroxylation sites is 1. The Hall–Kier alpha value is -1.77. The quantitative estimate of drug-likeness (QED) is 0.843. The van der Waals surface area contributed by atoms with E-state index in [1.165, 1.54) is 0 Å². The second-order valence-corrected chi connectivity index (χ2v) is 5.15. The number of carbonyl (C=O) groups is 1. The van der Waals surface area contributed by atoms with Crippen molar-refractivity contribution < 1.29 is 4.79 Å². The fourth-order valence-corrected chi connectivity index (χ4v) is 2.06. The van der Waals surface area contributed by atoms with E-state index >= 15 is 0 Å². The summed E-state index contributed by atoms with van der Waals surface area (Å²) in [5, 5.41) is 4.10. The number of carbonyl (C=O) groups excluding carboxylic acids is 1. The molecule has 1 aromatic heterocycles. The highest BCUT2D eigenvalue weighted by Crippen LogP contribution is 2.27. The van der Waals surface area contributed by atoms with E-state index in [-0.39, 0.29) is 5.91 Å². The summed E-state index contributed by atoms with van der Waals surface area (Å²) in [4.78, 5) is 15.2. The fraction of sp³-hybridized carbons (Fsp3) is 0.400. The van der Waals surface area contributed by atoms with Gasteiger partial charge in [0.15, 0.2) is 0 Å². The number of hydrogen-bond acceptors (Lipinski definition) is 1. The van der Waals surface area contributed by atoms with Crippen molar-refractivity contribution in [1.29, 1.82) is 0 Å². The van der Waals surface area contributed by atoms with Crippen LogP contribution < -0.4 is 5.32 Å². The van der Waals surface area contributed by atoms with E-state index in [0.717, 1.165) is 28.7 Å². The Morgan fingerprint density at radius 3 is 2.78 bits per heavy atom. The molecule has 3 nitrogen and oxygen atoms in total. The van der Waals surface area contributed by atoms with Crippen LogP contribution in [0.3, 0.4) is 0 Å². The lowest BCUT2D eigenvalue weighted by Gasteiger charge is -2.07. The number of aryl methyl sites for hydroxylation is 1. The van der Waals surface area contributed by atoms with Gasteiger partial charge in [-0.2, -0.15) is 0 Å². The van der Waals surface area contributed by atoms with Crippen LogP contribution in [0.1, 0.15) is 32.4 Å². The highest BCUT2D eigenvalue weighted by Gasteiger charge is 2.11. The summed E-state index contributed by atoms with van der Waals surface area (Å²) in [6, 6.07) is 8.02. The number of rotatable bonds is 4. The van der Waals surface area contributed by atoms with Crippen molar-refractivity contribution >= 4 is 22.5 Å². The van der Waals surface area contributed by atoms with Gasteiger partial charge in [-0.3, -0.25) is 4.79 Å². The van der Waals surface area contributed by atoms with Crippen LogP contribution in [0.4, 0.5) is 5.69 Å². The molecule has 2 aromatic rings. The maximum Gasteiger partial charge on any atom is 0.224 e. The van der Waals surface area contributed by atoms with Gasteiger partial charge in [-0.25, -0.2) is 0 Å². The molecule has 1 aromatic carbocycles. The van der Waals surface area contributed by atoms with E-state index in [2.05, 4.69) is 24.1 Å². The molecule has 2 rings (SSSR count). The highest BCUT2D eigenvalue weighted by molar-refractivity contribution is 6.02. The number of anilines is 1. The van der Waals surface area contributed by atoms with Crippen molar-refractivity contribution in [3.63, 3.8) is 0 Å². The Bertz CT molecular complexity index is 555. The van der Waals surface area contributed by atoms with E-state index in [1.54, 1.807) is 0 Å². The first-order valence-corrected chi connectivity index (χ1v) is 6.45. The van der Waals surface area contributed by atoms with Gasteiger partial charge in [0.1, 0.15) is 0 Å². The van der Waals surface area contributed by atoms with Crippen molar-refractivity contribution in [2.24, 2.45) is 5.92 Å². The minimum absolute atomic E-state index is 0.0940. The van der Waals surface area contributed by atoms with Crippen molar-refractivity contribution in [2.75, 3.05) is 5.32 Å². The minimum atomic E-state index is 0.0940. The predicted molar refractivity (Wildman–Crippen MR) is 75.7 cm³/mol. The van der Waals surface area contributed by atoms with Gasteiger partial charge in [-0.15, -0.1) is 0 Å². The third-order valence-corrected chi connectivity index (χ3v) is 3.11. The van der Waals surface area contributed by atoms with Gasteiger partial charge < -0.3 is 10.3 Å². The molecule has 0 saturated heterocycles. The zero-order valence-electron chi connectivity index (χ0n) is 11.2. The van der Waals surface area contributed by atoms with Crippen LogP contribution in [0, 0.1) is 12.8 Å². The number of aromatic amines is 1. The average molecular weight is 244 g/mol. The second kappa shape index (κ2) is 5.25. The van der Waals surface area contributed by atoms with Crippen LogP contribution in [-0.4, -0.2) is 10.9 Å². The fourth-order valence-electron chi connectivity index (χ4n) is 2.06. The molecular weight excluding hydrogens is 224 g/mol. The van der Waals surface area contributed by atoms with Crippen LogP contribution in [0.2, 0.25) is 0 Å². The molecule has 1 heterocycles. The smallest absolute Gasteiger partial charge is 0.224 e. The molecule has 0 radical (unpaired) electrons. The molecule has 3 heteroatoms. The number of H-pyrrole nitrogens is 1. The molecule has 1 amide bonds. The lowest BCUT2D eigenvalue weighted by molar-refractivity contribution is -0.116. The maximum atomic E-state index is 11.9. The number of benzene rings is 1. The third kappa shape index (κ3) is 2.73. The number of amides is 1. The summed E-state index contributed by atoms with van der Waals surface area (Å²) in [6.07, 6.45) is 1.50. The van der Waals surface area contributed by atoms with Gasteiger partial charge in [-0.1, -0.05) is 32.0 Å². The molecule has 0 unspecified atom stereocenters. The third-order valence-electron chi connectivity index (χ3n) is 3.11. The molecule has 0 aliphatic rings. The van der Waals surface area contributed by atoms with E-state index in [0.29, 0.717) is 12.3 Å². The molecule has 0 atom stereocenters. The number of aromatic nitrogens is 1. The number of fused-ring (bicyclic) bond motifs is 1. The molecule has 0 saturated carbocycles. The standard InChI is InChI=1S/C15H20N2O/c1-10(2)8-9-14(18)17-15-11(3)16-13-7-5-4-6-12(13)15/h4-7,10,16H,8-9H2,1-3H3,(H,17,18). The molecule has 0 fully saturated rings. The van der Waals surface area contributed by atoms with E-state index in [1.807, 2.05) is 31.2 Å². The average Bonchev–Trinajstić information content (AvgIpc) is 2.64. The van der Waals surface area contributed by atoms with Gasteiger partial charge in [0.25, 0.3) is 0 Å². The zero-order valence-corrected chi connectivity index (χ0v) is 11.2. The van der Waals surface area contributed by atoms with E-state index in [9.17, 15) is 4.79 Å². The van der Waals surface area contributed by atoms with Crippen LogP contribution in [0.25, 0.3) is 10.9 Å². The summed E-state index contributed by atoms with van der Waals surface area (Å²) in [5.41, 5.74) is 2.99. The summed E-state index contributed by atoms with van der Waals surface area (Å²) >= 11 is 0. The van der Waals surface area contributed by atoms with Gasteiger partial charge in [0.05, 0.1) is 5.69 Å². The largest absolute Gasteiger partial charge is 0.357 e. The van der Waals surface area contributed by atoms with Gasteiger partial charge >= 0.3 is 0 Å². The van der Waals surface area contributed by atoms with Crippen LogP contribution in [0.5, 0.6) is 0 Å². The summed E-state index contributed by atoms with van der Waals surface area (Å²) in [7, 11) is 0. The lowest BCUT2D eigenvalue weighted by Crippen LogP contribution is -2.12. The van der Waals surface area contributed by atoms with Gasteiger partial charge in [0, 0.05) is 23.0 Å². The lowest BCUT2D eigenvalue weighted by atomic mass is 10.1. The van der Waals surface area contributed by atoms with Crippen LogP contribution >= 0.6 is 0 Å². The first-order valence-electron chi connectivity index (χ1n) is 6.45. The molecule has 0 aliphatic carbocycles. The first kappa shape index (κ1) is 12.7. The molecule has 0 bridgehead atoms. The van der Waals surface area contributed by atoms with Crippen LogP contribution in [-0.2, 0) is 4.79 Å². The number of nitrogens with one attached hydrogen (secondary N) is 2. The summed E-state index contributed by atoms with van der Waals surface area (Å²) in [5.74, 6) is 0.649. The van der Waals surface area contributed by atoms with E-state index < -0.39 is 0 Å². The Morgan fingerprint density at radius 2 is 2.06 bits per heavy atom. The normalized spacial score (nSPS) is 11.1. The molecule has 0 spiro atoms. The summed E-state index contributed by atoms with van der Waals surface area (Å²) < 4.78 is 0. The highest BCUT2D eigenvalue weighted by atomic mass is 16.1. The molecule has 2 N–H and O–H groups in total. The van der Waals surface area contributed by atoms with Crippen molar-refractivity contribution in [3.05, 3.63) is 30.0 Å². The van der Waals surface area contributed by atoms with Gasteiger partial charge in [-0.05, 0) is 25.3 Å². The predicted octanol–water partition coefficient (Wildman–Crippen LogP) is 3.85. The van der Waals surface area contributed by atoms with E-state index in [4.69, 9.17) is 0 Å². The van der Waals surface area contributed by atoms with Crippen LogP contribution in [0.15, 0.2) is 24.3 Å². The van der Waals surface area contributed by atoms with Crippen molar-refractivity contribution in [2.45, 2.75) is 33.6 Å². The van der Waals surface area contributed by atoms with Crippen molar-refractivity contribution in [3.8, 4) is 0 Å². The van der Waals surface area contributed by atoms with Gasteiger partial charge in [0.2, 0.25) is 5.91 Å². The Balaban J connectivity index is 2.16. The molecule has 96 valence electrons. The second-order valence-electron chi connectivity index (χ2n) is 5.15. The summed E-state index contributed by atoms with van der Waals surface area (Å²) in [6.45, 7) is 6.24. The Labute approximate surface area is 108 Å².